The fraction of sp³-hybridized carbons (Fsp3) is 0.923. The van der Waals surface area contributed by atoms with Gasteiger partial charge in [0.05, 0.1) is 5.54 Å². The first-order chi connectivity index (χ1) is 7.60. The monoisotopic (exact) mass is 224 g/mol. The summed E-state index contributed by atoms with van der Waals surface area (Å²) in [6.07, 6.45) is 7.18. The molecule has 1 aliphatic heterocycles. The SMILES string of the molecule is CCC1(CNC(=O)C2(C)CCCN2)CCC1. The molecule has 92 valence electrons. The number of carbonyl (C=O) groups excluding carboxylic acids is 1. The molecule has 3 heteroatoms. The lowest BCUT2D eigenvalue weighted by Gasteiger charge is -2.42. The molecule has 0 bridgehead atoms. The van der Waals surface area contributed by atoms with Gasteiger partial charge in [-0.1, -0.05) is 13.3 Å². The Balaban J connectivity index is 1.83. The first-order valence-corrected chi connectivity index (χ1v) is 6.64. The van der Waals surface area contributed by atoms with Crippen LogP contribution < -0.4 is 10.6 Å². The predicted molar refractivity (Wildman–Crippen MR) is 65.2 cm³/mol. The summed E-state index contributed by atoms with van der Waals surface area (Å²) in [5, 5.41) is 6.47. The van der Waals surface area contributed by atoms with Gasteiger partial charge in [-0.15, -0.1) is 0 Å². The Hall–Kier alpha value is -0.570. The maximum atomic E-state index is 12.1. The minimum atomic E-state index is -0.307. The number of carbonyl (C=O) groups is 1. The lowest BCUT2D eigenvalue weighted by Crippen LogP contribution is -2.54. The molecule has 1 atom stereocenters. The minimum absolute atomic E-state index is 0.199. The van der Waals surface area contributed by atoms with Crippen molar-refractivity contribution in [2.24, 2.45) is 5.41 Å². The molecule has 1 amide bonds. The maximum Gasteiger partial charge on any atom is 0.240 e. The fourth-order valence-corrected chi connectivity index (χ4v) is 2.88. The number of rotatable bonds is 4. The normalized spacial score (nSPS) is 32.1. The number of nitrogens with one attached hydrogen (secondary N) is 2. The molecule has 16 heavy (non-hydrogen) atoms. The smallest absolute Gasteiger partial charge is 0.240 e. The van der Waals surface area contributed by atoms with Gasteiger partial charge in [-0.05, 0) is 51.0 Å². The van der Waals surface area contributed by atoms with E-state index in [1.807, 2.05) is 6.92 Å². The summed E-state index contributed by atoms with van der Waals surface area (Å²) in [4.78, 5) is 12.1. The molecular weight excluding hydrogens is 200 g/mol. The summed E-state index contributed by atoms with van der Waals surface area (Å²) < 4.78 is 0. The van der Waals surface area contributed by atoms with E-state index in [4.69, 9.17) is 0 Å². The summed E-state index contributed by atoms with van der Waals surface area (Å²) >= 11 is 0. The molecule has 1 saturated heterocycles. The molecular formula is C13H24N2O. The van der Waals surface area contributed by atoms with Crippen molar-refractivity contribution >= 4 is 5.91 Å². The zero-order valence-corrected chi connectivity index (χ0v) is 10.6. The molecule has 3 nitrogen and oxygen atoms in total. The third-order valence-electron chi connectivity index (χ3n) is 4.66. The van der Waals surface area contributed by atoms with Crippen LogP contribution in [-0.2, 0) is 4.79 Å². The van der Waals surface area contributed by atoms with E-state index in [0.717, 1.165) is 25.9 Å². The maximum absolute atomic E-state index is 12.1. The molecule has 2 aliphatic rings. The first-order valence-electron chi connectivity index (χ1n) is 6.64. The van der Waals surface area contributed by atoms with Crippen molar-refractivity contribution in [3.05, 3.63) is 0 Å². The van der Waals surface area contributed by atoms with Crippen molar-refractivity contribution in [1.29, 1.82) is 0 Å². The van der Waals surface area contributed by atoms with E-state index in [9.17, 15) is 4.79 Å². The summed E-state index contributed by atoms with van der Waals surface area (Å²) in [7, 11) is 0. The quantitative estimate of drug-likeness (QED) is 0.765. The van der Waals surface area contributed by atoms with Crippen LogP contribution >= 0.6 is 0 Å². The van der Waals surface area contributed by atoms with Crippen molar-refractivity contribution in [2.75, 3.05) is 13.1 Å². The molecule has 0 spiro atoms. The molecule has 1 saturated carbocycles. The topological polar surface area (TPSA) is 41.1 Å². The van der Waals surface area contributed by atoms with E-state index < -0.39 is 0 Å². The van der Waals surface area contributed by atoms with Gasteiger partial charge in [0.1, 0.15) is 0 Å². The van der Waals surface area contributed by atoms with Crippen LogP contribution in [0.2, 0.25) is 0 Å². The minimum Gasteiger partial charge on any atom is -0.354 e. The van der Waals surface area contributed by atoms with Crippen LogP contribution in [0.1, 0.15) is 52.4 Å². The third-order valence-corrected chi connectivity index (χ3v) is 4.66. The van der Waals surface area contributed by atoms with Gasteiger partial charge in [0.2, 0.25) is 5.91 Å². The second-order valence-electron chi connectivity index (χ2n) is 5.75. The van der Waals surface area contributed by atoms with E-state index in [2.05, 4.69) is 17.6 Å². The van der Waals surface area contributed by atoms with Gasteiger partial charge < -0.3 is 10.6 Å². The molecule has 0 aromatic rings. The van der Waals surface area contributed by atoms with Crippen molar-refractivity contribution < 1.29 is 4.79 Å². The second-order valence-corrected chi connectivity index (χ2v) is 5.75. The van der Waals surface area contributed by atoms with Gasteiger partial charge in [-0.3, -0.25) is 4.79 Å². The van der Waals surface area contributed by atoms with Gasteiger partial charge in [-0.2, -0.15) is 0 Å². The Morgan fingerprint density at radius 2 is 2.06 bits per heavy atom. The highest BCUT2D eigenvalue weighted by molar-refractivity contribution is 5.86. The Morgan fingerprint density at radius 1 is 1.31 bits per heavy atom. The van der Waals surface area contributed by atoms with E-state index in [1.165, 1.54) is 25.7 Å². The van der Waals surface area contributed by atoms with Crippen LogP contribution in [0.15, 0.2) is 0 Å². The lowest BCUT2D eigenvalue weighted by atomic mass is 9.67. The number of hydrogen-bond acceptors (Lipinski definition) is 2. The molecule has 2 rings (SSSR count). The van der Waals surface area contributed by atoms with Crippen LogP contribution in [0, 0.1) is 5.41 Å². The molecule has 1 unspecified atom stereocenters. The Bertz CT molecular complexity index is 260. The first kappa shape index (κ1) is 11.9. The van der Waals surface area contributed by atoms with Gasteiger partial charge in [0, 0.05) is 6.54 Å². The summed E-state index contributed by atoms with van der Waals surface area (Å²) in [6, 6.07) is 0. The van der Waals surface area contributed by atoms with E-state index in [-0.39, 0.29) is 11.4 Å². The highest BCUT2D eigenvalue weighted by Crippen LogP contribution is 2.43. The Labute approximate surface area is 98.4 Å². The van der Waals surface area contributed by atoms with Crippen molar-refractivity contribution in [3.8, 4) is 0 Å². The average molecular weight is 224 g/mol. The zero-order valence-electron chi connectivity index (χ0n) is 10.6. The van der Waals surface area contributed by atoms with Gasteiger partial charge in [0.15, 0.2) is 0 Å². The molecule has 0 aromatic heterocycles. The summed E-state index contributed by atoms with van der Waals surface area (Å²) in [6.45, 7) is 6.11. The van der Waals surface area contributed by atoms with Crippen molar-refractivity contribution in [1.82, 2.24) is 10.6 Å². The molecule has 0 radical (unpaired) electrons. The predicted octanol–water partition coefficient (Wildman–Crippen LogP) is 1.82. The number of hydrogen-bond donors (Lipinski definition) is 2. The molecule has 2 fully saturated rings. The molecule has 1 aliphatic carbocycles. The van der Waals surface area contributed by atoms with Gasteiger partial charge in [-0.25, -0.2) is 0 Å². The highest BCUT2D eigenvalue weighted by Gasteiger charge is 2.39. The largest absolute Gasteiger partial charge is 0.354 e. The second kappa shape index (κ2) is 4.36. The van der Waals surface area contributed by atoms with Crippen LogP contribution in [0.3, 0.4) is 0 Å². The van der Waals surface area contributed by atoms with Crippen LogP contribution in [-0.4, -0.2) is 24.5 Å². The van der Waals surface area contributed by atoms with Crippen molar-refractivity contribution in [2.45, 2.75) is 57.9 Å². The number of amides is 1. The van der Waals surface area contributed by atoms with Crippen LogP contribution in [0.25, 0.3) is 0 Å². The molecule has 2 N–H and O–H groups in total. The van der Waals surface area contributed by atoms with Crippen LogP contribution in [0.5, 0.6) is 0 Å². The highest BCUT2D eigenvalue weighted by atomic mass is 16.2. The van der Waals surface area contributed by atoms with Crippen molar-refractivity contribution in [3.63, 3.8) is 0 Å². The van der Waals surface area contributed by atoms with E-state index in [0.29, 0.717) is 5.41 Å². The van der Waals surface area contributed by atoms with E-state index >= 15 is 0 Å². The lowest BCUT2D eigenvalue weighted by molar-refractivity contribution is -0.127. The van der Waals surface area contributed by atoms with Crippen LogP contribution in [0.4, 0.5) is 0 Å². The standard InChI is InChI=1S/C13H24N2O/c1-3-13(7-4-8-13)10-14-11(16)12(2)6-5-9-15-12/h15H,3-10H2,1-2H3,(H,14,16). The fourth-order valence-electron chi connectivity index (χ4n) is 2.88. The Morgan fingerprint density at radius 3 is 2.50 bits per heavy atom. The average Bonchev–Trinajstić information content (AvgIpc) is 2.65. The van der Waals surface area contributed by atoms with Gasteiger partial charge >= 0.3 is 0 Å². The Kier molecular flexibility index (Phi) is 3.24. The van der Waals surface area contributed by atoms with E-state index in [1.54, 1.807) is 0 Å². The zero-order chi connectivity index (χ0) is 11.6. The summed E-state index contributed by atoms with van der Waals surface area (Å²) in [5.41, 5.74) is 0.114. The van der Waals surface area contributed by atoms with Gasteiger partial charge in [0.25, 0.3) is 0 Å². The summed E-state index contributed by atoms with van der Waals surface area (Å²) in [5.74, 6) is 0.199. The third kappa shape index (κ3) is 2.10. The molecule has 1 heterocycles. The molecule has 0 aromatic carbocycles.